The molecule has 1 N–H and O–H groups in total. The Kier molecular flexibility index (Phi) is 2.32. The lowest BCUT2D eigenvalue weighted by Gasteiger charge is -2.22. The number of hydrogen-bond donors (Lipinski definition) is 1. The average Bonchev–Trinajstić information content (AvgIpc) is 2.96. The molecule has 82 valence electrons. The monoisotopic (exact) mass is 205 g/mol. The molecule has 1 saturated carbocycles. The summed E-state index contributed by atoms with van der Waals surface area (Å²) in [5.41, 5.74) is 1.45. The summed E-state index contributed by atoms with van der Waals surface area (Å²) in [5.74, 6) is 2.40. The third kappa shape index (κ3) is 1.83. The van der Waals surface area contributed by atoms with E-state index in [0.717, 1.165) is 24.6 Å². The Hall–Kier alpha value is -0.760. The second kappa shape index (κ2) is 3.67. The lowest BCUT2D eigenvalue weighted by Crippen LogP contribution is -2.26. The fraction of sp³-hybridized carbons (Fsp3) is 0.692. The van der Waals surface area contributed by atoms with Crippen molar-refractivity contribution in [3.63, 3.8) is 0 Å². The first-order valence-electron chi connectivity index (χ1n) is 6.24. The zero-order valence-corrected chi connectivity index (χ0v) is 9.38. The van der Waals surface area contributed by atoms with Gasteiger partial charge >= 0.3 is 0 Å². The molecule has 0 radical (unpaired) electrons. The van der Waals surface area contributed by atoms with Crippen LogP contribution in [0.4, 0.5) is 0 Å². The first kappa shape index (κ1) is 9.46. The van der Waals surface area contributed by atoms with E-state index in [2.05, 4.69) is 18.3 Å². The molecule has 0 saturated heterocycles. The quantitative estimate of drug-likeness (QED) is 0.820. The minimum absolute atomic E-state index is 0.574. The molecule has 1 fully saturated rings. The fourth-order valence-corrected chi connectivity index (χ4v) is 2.49. The minimum atomic E-state index is 0.574. The number of rotatable bonds is 3. The third-order valence-corrected chi connectivity index (χ3v) is 3.53. The summed E-state index contributed by atoms with van der Waals surface area (Å²) in [5, 5.41) is 3.73. The van der Waals surface area contributed by atoms with Gasteiger partial charge in [-0.15, -0.1) is 0 Å². The van der Waals surface area contributed by atoms with Crippen LogP contribution in [0.1, 0.15) is 55.7 Å². The van der Waals surface area contributed by atoms with Crippen molar-refractivity contribution in [3.05, 3.63) is 23.2 Å². The van der Waals surface area contributed by atoms with Crippen molar-refractivity contribution in [2.24, 2.45) is 0 Å². The Balaban J connectivity index is 1.83. The number of aryl methyl sites for hydroxylation is 2. The molecular weight excluding hydrogens is 186 g/mol. The Morgan fingerprint density at radius 2 is 2.27 bits per heavy atom. The molecule has 0 aliphatic heterocycles. The van der Waals surface area contributed by atoms with Crippen molar-refractivity contribution in [1.82, 2.24) is 5.32 Å². The van der Waals surface area contributed by atoms with Crippen LogP contribution in [0.5, 0.6) is 0 Å². The highest BCUT2D eigenvalue weighted by Gasteiger charge is 2.29. The van der Waals surface area contributed by atoms with Gasteiger partial charge in [0.05, 0.1) is 0 Å². The van der Waals surface area contributed by atoms with Gasteiger partial charge < -0.3 is 9.73 Å². The van der Waals surface area contributed by atoms with Crippen molar-refractivity contribution >= 4 is 0 Å². The summed E-state index contributed by atoms with van der Waals surface area (Å²) in [4.78, 5) is 0. The van der Waals surface area contributed by atoms with E-state index in [1.165, 1.54) is 37.0 Å². The van der Waals surface area contributed by atoms with Gasteiger partial charge in [0.25, 0.3) is 0 Å². The van der Waals surface area contributed by atoms with Crippen LogP contribution in [-0.2, 0) is 12.8 Å². The normalized spacial score (nSPS) is 25.3. The Bertz CT molecular complexity index is 351. The van der Waals surface area contributed by atoms with E-state index in [1.54, 1.807) is 0 Å². The van der Waals surface area contributed by atoms with Gasteiger partial charge in [-0.25, -0.2) is 0 Å². The number of fused-ring (bicyclic) bond motifs is 1. The molecule has 0 bridgehead atoms. The van der Waals surface area contributed by atoms with Crippen molar-refractivity contribution < 1.29 is 4.42 Å². The van der Waals surface area contributed by atoms with Crippen LogP contribution < -0.4 is 5.32 Å². The van der Waals surface area contributed by atoms with Gasteiger partial charge in [0.15, 0.2) is 0 Å². The Morgan fingerprint density at radius 1 is 1.40 bits per heavy atom. The van der Waals surface area contributed by atoms with Crippen LogP contribution in [0.2, 0.25) is 0 Å². The molecule has 1 aromatic heterocycles. The zero-order chi connectivity index (χ0) is 10.3. The maximum Gasteiger partial charge on any atom is 0.108 e. The Labute approximate surface area is 91.0 Å². The van der Waals surface area contributed by atoms with Crippen molar-refractivity contribution in [1.29, 1.82) is 0 Å². The molecule has 0 aromatic carbocycles. The molecule has 2 aliphatic rings. The predicted octanol–water partition coefficient (Wildman–Crippen LogP) is 2.97. The summed E-state index contributed by atoms with van der Waals surface area (Å²) in [6.07, 6.45) is 7.44. The average molecular weight is 205 g/mol. The molecule has 3 rings (SSSR count). The summed E-state index contributed by atoms with van der Waals surface area (Å²) < 4.78 is 5.85. The van der Waals surface area contributed by atoms with E-state index in [4.69, 9.17) is 4.42 Å². The first-order chi connectivity index (χ1) is 7.36. The van der Waals surface area contributed by atoms with Crippen molar-refractivity contribution in [2.75, 3.05) is 0 Å². The third-order valence-electron chi connectivity index (χ3n) is 3.53. The maximum absolute atomic E-state index is 5.85. The first-order valence-corrected chi connectivity index (χ1v) is 6.24. The molecule has 15 heavy (non-hydrogen) atoms. The van der Waals surface area contributed by atoms with Crippen LogP contribution >= 0.6 is 0 Å². The van der Waals surface area contributed by atoms with Gasteiger partial charge in [-0.3, -0.25) is 0 Å². The second-order valence-electron chi connectivity index (χ2n) is 4.83. The smallest absolute Gasteiger partial charge is 0.108 e. The number of furan rings is 1. The maximum atomic E-state index is 5.85. The highest BCUT2D eigenvalue weighted by molar-refractivity contribution is 5.28. The van der Waals surface area contributed by atoms with Crippen molar-refractivity contribution in [2.45, 2.75) is 57.5 Å². The van der Waals surface area contributed by atoms with Crippen LogP contribution in [0.15, 0.2) is 10.5 Å². The summed E-state index contributed by atoms with van der Waals surface area (Å²) >= 11 is 0. The molecule has 0 spiro atoms. The van der Waals surface area contributed by atoms with Crippen LogP contribution in [-0.4, -0.2) is 6.04 Å². The van der Waals surface area contributed by atoms with Gasteiger partial charge in [-0.2, -0.15) is 0 Å². The standard InChI is InChI=1S/C13H19NO/c1-2-10-8-11-12(14-9-6-7-9)4-3-5-13(11)15-10/h8-9,12,14H,2-7H2,1H3. The predicted molar refractivity (Wildman–Crippen MR) is 59.9 cm³/mol. The molecule has 2 heteroatoms. The van der Waals surface area contributed by atoms with Gasteiger partial charge in [0.2, 0.25) is 0 Å². The zero-order valence-electron chi connectivity index (χ0n) is 9.38. The van der Waals surface area contributed by atoms with Gasteiger partial charge in [0, 0.05) is 30.5 Å². The molecule has 2 nitrogen and oxygen atoms in total. The highest BCUT2D eigenvalue weighted by Crippen LogP contribution is 2.35. The number of hydrogen-bond acceptors (Lipinski definition) is 2. The second-order valence-corrected chi connectivity index (χ2v) is 4.83. The summed E-state index contributed by atoms with van der Waals surface area (Å²) in [6, 6.07) is 3.64. The summed E-state index contributed by atoms with van der Waals surface area (Å²) in [6.45, 7) is 2.16. The van der Waals surface area contributed by atoms with E-state index in [-0.39, 0.29) is 0 Å². The van der Waals surface area contributed by atoms with Gasteiger partial charge in [0.1, 0.15) is 11.5 Å². The highest BCUT2D eigenvalue weighted by atomic mass is 16.3. The van der Waals surface area contributed by atoms with E-state index >= 15 is 0 Å². The van der Waals surface area contributed by atoms with Crippen LogP contribution in [0, 0.1) is 0 Å². The molecule has 1 unspecified atom stereocenters. The van der Waals surface area contributed by atoms with Crippen molar-refractivity contribution in [3.8, 4) is 0 Å². The molecule has 1 heterocycles. The Morgan fingerprint density at radius 3 is 3.00 bits per heavy atom. The minimum Gasteiger partial charge on any atom is -0.466 e. The fourth-order valence-electron chi connectivity index (χ4n) is 2.49. The molecule has 1 atom stereocenters. The van der Waals surface area contributed by atoms with Gasteiger partial charge in [-0.05, 0) is 31.7 Å². The largest absolute Gasteiger partial charge is 0.466 e. The summed E-state index contributed by atoms with van der Waals surface area (Å²) in [7, 11) is 0. The van der Waals surface area contributed by atoms with E-state index in [0.29, 0.717) is 6.04 Å². The van der Waals surface area contributed by atoms with Crippen LogP contribution in [0.25, 0.3) is 0 Å². The lowest BCUT2D eigenvalue weighted by molar-refractivity contribution is 0.399. The topological polar surface area (TPSA) is 25.2 Å². The van der Waals surface area contributed by atoms with E-state index < -0.39 is 0 Å². The van der Waals surface area contributed by atoms with E-state index in [1.807, 2.05) is 0 Å². The molecule has 1 aromatic rings. The number of nitrogens with one attached hydrogen (secondary N) is 1. The van der Waals surface area contributed by atoms with Gasteiger partial charge in [-0.1, -0.05) is 6.92 Å². The SMILES string of the molecule is CCc1cc2c(o1)CCCC2NC1CC1. The molecule has 0 amide bonds. The molecular formula is C13H19NO. The lowest BCUT2D eigenvalue weighted by atomic mass is 9.93. The van der Waals surface area contributed by atoms with E-state index in [9.17, 15) is 0 Å². The molecule has 2 aliphatic carbocycles. The van der Waals surface area contributed by atoms with Crippen LogP contribution in [0.3, 0.4) is 0 Å².